The molecule has 0 aliphatic carbocycles. The van der Waals surface area contributed by atoms with E-state index < -0.39 is 5.97 Å². The third-order valence-electron chi connectivity index (χ3n) is 1.40. The Kier molecular flexibility index (Phi) is 2.63. The van der Waals surface area contributed by atoms with Crippen molar-refractivity contribution in [3.8, 4) is 0 Å². The molecule has 0 radical (unpaired) electrons. The minimum absolute atomic E-state index is 0.319. The zero-order valence-corrected chi connectivity index (χ0v) is 7.30. The second kappa shape index (κ2) is 3.70. The van der Waals surface area contributed by atoms with E-state index in [1.807, 2.05) is 0 Å². The summed E-state index contributed by atoms with van der Waals surface area (Å²) in [7, 11) is 2.83. The normalized spacial score (nSPS) is 10.6. The van der Waals surface area contributed by atoms with E-state index in [2.05, 4.69) is 9.84 Å². The van der Waals surface area contributed by atoms with Crippen LogP contribution >= 0.6 is 0 Å². The van der Waals surface area contributed by atoms with E-state index in [0.29, 0.717) is 0 Å². The van der Waals surface area contributed by atoms with Gasteiger partial charge in [-0.25, -0.2) is 9.59 Å². The summed E-state index contributed by atoms with van der Waals surface area (Å²) in [6.45, 7) is 0. The van der Waals surface area contributed by atoms with Crippen LogP contribution in [0.15, 0.2) is 17.2 Å². The Morgan fingerprint density at radius 2 is 2.38 bits per heavy atom. The number of hydrogen-bond donors (Lipinski definition) is 0. The summed E-state index contributed by atoms with van der Waals surface area (Å²) in [5.74, 6) is -0.530. The van der Waals surface area contributed by atoms with Crippen LogP contribution in [-0.2, 0) is 16.6 Å². The highest BCUT2D eigenvalue weighted by Gasteiger charge is 1.97. The van der Waals surface area contributed by atoms with Crippen LogP contribution < -0.4 is 5.69 Å². The van der Waals surface area contributed by atoms with Gasteiger partial charge in [0.2, 0.25) is 0 Å². The lowest BCUT2D eigenvalue weighted by molar-refractivity contribution is -0.134. The summed E-state index contributed by atoms with van der Waals surface area (Å²) in [5.41, 5.74) is -0.319. The van der Waals surface area contributed by atoms with Gasteiger partial charge in [0.15, 0.2) is 0 Å². The first-order valence-electron chi connectivity index (χ1n) is 3.51. The fourth-order valence-corrected chi connectivity index (χ4v) is 0.695. The van der Waals surface area contributed by atoms with E-state index in [9.17, 15) is 9.59 Å². The average molecular weight is 183 g/mol. The standard InChI is InChI=1S/C7H9N3O3/c1-9-5-8-10(7(9)12)4-3-6(11)13-2/h3-5H,1-2H3/b4-3+. The quantitative estimate of drug-likeness (QED) is 0.446. The Bertz CT molecular complexity index is 388. The molecule has 1 rings (SSSR count). The molecule has 1 heterocycles. The Balaban J connectivity index is 2.86. The van der Waals surface area contributed by atoms with Gasteiger partial charge >= 0.3 is 11.7 Å². The molecule has 6 nitrogen and oxygen atoms in total. The van der Waals surface area contributed by atoms with Gasteiger partial charge in [-0.3, -0.25) is 4.57 Å². The molecule has 0 fully saturated rings. The van der Waals surface area contributed by atoms with Crippen molar-refractivity contribution >= 4 is 12.2 Å². The van der Waals surface area contributed by atoms with Crippen LogP contribution in [0, 0.1) is 0 Å². The lowest BCUT2D eigenvalue weighted by atomic mass is 10.6. The molecular weight excluding hydrogens is 174 g/mol. The van der Waals surface area contributed by atoms with Gasteiger partial charge in [-0.15, -0.1) is 0 Å². The van der Waals surface area contributed by atoms with Crippen LogP contribution in [0.2, 0.25) is 0 Å². The molecule has 0 aromatic carbocycles. The number of carbonyl (C=O) groups is 1. The highest BCUT2D eigenvalue weighted by molar-refractivity contribution is 5.84. The highest BCUT2D eigenvalue weighted by atomic mass is 16.5. The van der Waals surface area contributed by atoms with Crippen molar-refractivity contribution in [3.05, 3.63) is 22.9 Å². The second-order valence-electron chi connectivity index (χ2n) is 2.31. The minimum atomic E-state index is -0.530. The topological polar surface area (TPSA) is 66.1 Å². The third kappa shape index (κ3) is 2.05. The summed E-state index contributed by atoms with van der Waals surface area (Å²) in [6, 6.07) is 0. The second-order valence-corrected chi connectivity index (χ2v) is 2.31. The molecule has 0 atom stereocenters. The van der Waals surface area contributed by atoms with Crippen molar-refractivity contribution in [2.45, 2.75) is 0 Å². The number of ether oxygens (including phenoxy) is 1. The predicted octanol–water partition coefficient (Wildman–Crippen LogP) is -0.775. The maximum absolute atomic E-state index is 11.1. The number of rotatable bonds is 2. The fourth-order valence-electron chi connectivity index (χ4n) is 0.695. The predicted molar refractivity (Wildman–Crippen MR) is 44.8 cm³/mol. The van der Waals surface area contributed by atoms with Gasteiger partial charge in [-0.05, 0) is 0 Å². The van der Waals surface area contributed by atoms with Crippen LogP contribution in [0.3, 0.4) is 0 Å². The molecule has 0 aliphatic rings. The van der Waals surface area contributed by atoms with Crippen LogP contribution in [-0.4, -0.2) is 27.4 Å². The monoisotopic (exact) mass is 183 g/mol. The van der Waals surface area contributed by atoms with Crippen molar-refractivity contribution in [3.63, 3.8) is 0 Å². The van der Waals surface area contributed by atoms with Gasteiger partial charge in [0.1, 0.15) is 6.33 Å². The molecule has 70 valence electrons. The highest BCUT2D eigenvalue weighted by Crippen LogP contribution is 1.81. The Morgan fingerprint density at radius 3 is 2.85 bits per heavy atom. The number of aryl methyl sites for hydroxylation is 1. The molecule has 0 N–H and O–H groups in total. The summed E-state index contributed by atoms with van der Waals surface area (Å²) in [4.78, 5) is 21.8. The molecule has 1 aromatic heterocycles. The molecule has 0 saturated heterocycles. The zero-order valence-electron chi connectivity index (χ0n) is 7.30. The maximum atomic E-state index is 11.1. The van der Waals surface area contributed by atoms with Crippen molar-refractivity contribution in [2.24, 2.45) is 7.05 Å². The van der Waals surface area contributed by atoms with Gasteiger partial charge < -0.3 is 4.74 Å². The van der Waals surface area contributed by atoms with Gasteiger partial charge in [-0.1, -0.05) is 0 Å². The number of hydrogen-bond acceptors (Lipinski definition) is 4. The van der Waals surface area contributed by atoms with Gasteiger partial charge in [-0.2, -0.15) is 9.78 Å². The number of aromatic nitrogens is 3. The molecule has 0 saturated carbocycles. The van der Waals surface area contributed by atoms with Crippen molar-refractivity contribution in [1.29, 1.82) is 0 Å². The number of esters is 1. The molecule has 0 bridgehead atoms. The molecule has 13 heavy (non-hydrogen) atoms. The summed E-state index contributed by atoms with van der Waals surface area (Å²) in [5, 5.41) is 3.69. The lowest BCUT2D eigenvalue weighted by Crippen LogP contribution is -2.19. The summed E-state index contributed by atoms with van der Waals surface area (Å²) < 4.78 is 6.67. The van der Waals surface area contributed by atoms with E-state index in [0.717, 1.165) is 10.8 Å². The van der Waals surface area contributed by atoms with Gasteiger partial charge in [0.05, 0.1) is 7.11 Å². The van der Waals surface area contributed by atoms with Crippen molar-refractivity contribution in [1.82, 2.24) is 14.3 Å². The molecule has 0 aliphatic heterocycles. The van der Waals surface area contributed by atoms with Gasteiger partial charge in [0, 0.05) is 19.3 Å². The smallest absolute Gasteiger partial charge is 0.349 e. The zero-order chi connectivity index (χ0) is 9.84. The van der Waals surface area contributed by atoms with Crippen molar-refractivity contribution < 1.29 is 9.53 Å². The lowest BCUT2D eigenvalue weighted by Gasteiger charge is -1.89. The van der Waals surface area contributed by atoms with Crippen molar-refractivity contribution in [2.75, 3.05) is 7.11 Å². The maximum Gasteiger partial charge on any atom is 0.349 e. The fraction of sp³-hybridized carbons (Fsp3) is 0.286. The molecule has 0 spiro atoms. The number of carbonyl (C=O) groups excluding carboxylic acids is 1. The summed E-state index contributed by atoms with van der Waals surface area (Å²) >= 11 is 0. The average Bonchev–Trinajstić information content (AvgIpc) is 2.44. The van der Waals surface area contributed by atoms with Gasteiger partial charge in [0.25, 0.3) is 0 Å². The summed E-state index contributed by atoms with van der Waals surface area (Å²) in [6.07, 6.45) is 3.71. The van der Waals surface area contributed by atoms with E-state index >= 15 is 0 Å². The molecule has 0 unspecified atom stereocenters. The SMILES string of the molecule is COC(=O)/C=C/n1ncn(C)c1=O. The largest absolute Gasteiger partial charge is 0.466 e. The molecule has 1 aromatic rings. The first kappa shape index (κ1) is 9.24. The van der Waals surface area contributed by atoms with Crippen LogP contribution in [0.4, 0.5) is 0 Å². The third-order valence-corrected chi connectivity index (χ3v) is 1.40. The first-order chi connectivity index (χ1) is 6.15. The Hall–Kier alpha value is -1.85. The number of nitrogens with zero attached hydrogens (tertiary/aromatic N) is 3. The van der Waals surface area contributed by atoms with Crippen LogP contribution in [0.1, 0.15) is 0 Å². The van der Waals surface area contributed by atoms with Crippen LogP contribution in [0.25, 0.3) is 6.20 Å². The molecular formula is C7H9N3O3. The van der Waals surface area contributed by atoms with E-state index in [-0.39, 0.29) is 5.69 Å². The number of methoxy groups -OCH3 is 1. The van der Waals surface area contributed by atoms with E-state index in [1.165, 1.54) is 24.2 Å². The van der Waals surface area contributed by atoms with E-state index in [1.54, 1.807) is 7.05 Å². The van der Waals surface area contributed by atoms with E-state index in [4.69, 9.17) is 0 Å². The Labute approximate surface area is 74.0 Å². The van der Waals surface area contributed by atoms with Crippen LogP contribution in [0.5, 0.6) is 0 Å². The minimum Gasteiger partial charge on any atom is -0.466 e. The Morgan fingerprint density at radius 1 is 1.69 bits per heavy atom. The molecule has 6 heteroatoms. The first-order valence-corrected chi connectivity index (χ1v) is 3.51. The molecule has 0 amide bonds.